The van der Waals surface area contributed by atoms with Gasteiger partial charge < -0.3 is 9.64 Å². The third kappa shape index (κ3) is 2.08. The zero-order valence-corrected chi connectivity index (χ0v) is 12.6. The number of carbonyl (C=O) groups excluding carboxylic acids is 1. The van der Waals surface area contributed by atoms with Gasteiger partial charge >= 0.3 is 0 Å². The zero-order valence-electron chi connectivity index (χ0n) is 12.6. The van der Waals surface area contributed by atoms with Crippen LogP contribution in [0.1, 0.15) is 50.0 Å². The number of morpholine rings is 1. The van der Waals surface area contributed by atoms with Gasteiger partial charge in [-0.1, -0.05) is 0 Å². The van der Waals surface area contributed by atoms with Gasteiger partial charge in [0.1, 0.15) is 0 Å². The van der Waals surface area contributed by atoms with E-state index in [1.165, 1.54) is 25.5 Å². The van der Waals surface area contributed by atoms with Crippen LogP contribution in [0, 0.1) is 11.8 Å². The molecule has 4 rings (SSSR count). The van der Waals surface area contributed by atoms with E-state index in [-0.39, 0.29) is 17.1 Å². The molecule has 6 nitrogen and oxygen atoms in total. The first-order valence-corrected chi connectivity index (χ1v) is 7.83. The lowest BCUT2D eigenvalue weighted by molar-refractivity contribution is -0.208. The van der Waals surface area contributed by atoms with Gasteiger partial charge in [0.05, 0.1) is 23.9 Å². The number of H-pyrrole nitrogens is 1. The van der Waals surface area contributed by atoms with E-state index in [1.807, 2.05) is 4.90 Å². The number of aromatic amines is 1. The Bertz CT molecular complexity index is 556. The first-order chi connectivity index (χ1) is 9.97. The second kappa shape index (κ2) is 4.29. The summed E-state index contributed by atoms with van der Waals surface area (Å²) < 4.78 is 6.52. The van der Waals surface area contributed by atoms with E-state index >= 15 is 0 Å². The highest BCUT2D eigenvalue weighted by Crippen LogP contribution is 2.55. The fourth-order valence-electron chi connectivity index (χ4n) is 4.78. The lowest BCUT2D eigenvalue weighted by Gasteiger charge is -2.52. The van der Waals surface area contributed by atoms with Crippen molar-refractivity contribution in [1.29, 1.82) is 0 Å². The van der Waals surface area contributed by atoms with Gasteiger partial charge in [-0.25, -0.2) is 0 Å². The van der Waals surface area contributed by atoms with E-state index in [0.717, 1.165) is 12.3 Å². The van der Waals surface area contributed by atoms with Crippen LogP contribution in [0.25, 0.3) is 0 Å². The molecule has 0 unspecified atom stereocenters. The van der Waals surface area contributed by atoms with Gasteiger partial charge in [-0.15, -0.1) is 0 Å². The summed E-state index contributed by atoms with van der Waals surface area (Å²) in [7, 11) is 0. The van der Waals surface area contributed by atoms with E-state index in [4.69, 9.17) is 4.74 Å². The number of carbonyl (C=O) groups is 1. The molecule has 1 spiro atoms. The molecule has 2 aliphatic carbocycles. The predicted octanol–water partition coefficient (Wildman–Crippen LogP) is 1.61. The number of ether oxygens (including phenoxy) is 1. The molecule has 114 valence electrons. The molecular weight excluding hydrogens is 268 g/mol. The second-order valence-corrected chi connectivity index (χ2v) is 7.52. The van der Waals surface area contributed by atoms with Crippen molar-refractivity contribution in [3.05, 3.63) is 11.9 Å². The topological polar surface area (TPSA) is 71.1 Å². The molecule has 1 aromatic heterocycles. The van der Waals surface area contributed by atoms with Crippen LogP contribution in [0.15, 0.2) is 6.20 Å². The van der Waals surface area contributed by atoms with Crippen LogP contribution in [-0.2, 0) is 4.74 Å². The number of hydrogen-bond acceptors (Lipinski definition) is 4. The molecule has 0 aromatic carbocycles. The highest BCUT2D eigenvalue weighted by molar-refractivity contribution is 5.92. The number of fused-ring (bicyclic) bond motifs is 3. The Balaban J connectivity index is 1.62. The normalized spacial score (nSPS) is 37.3. The Morgan fingerprint density at radius 2 is 2.29 bits per heavy atom. The van der Waals surface area contributed by atoms with E-state index in [1.54, 1.807) is 0 Å². The average molecular weight is 290 g/mol. The maximum Gasteiger partial charge on any atom is 0.276 e. The zero-order chi connectivity index (χ0) is 14.7. The minimum absolute atomic E-state index is 0.0396. The predicted molar refractivity (Wildman–Crippen MR) is 75.6 cm³/mol. The Kier molecular flexibility index (Phi) is 2.70. The lowest BCUT2D eigenvalue weighted by atomic mass is 9.81. The van der Waals surface area contributed by atoms with Gasteiger partial charge in [-0.3, -0.25) is 4.79 Å². The highest BCUT2D eigenvalue weighted by Gasteiger charge is 2.57. The fourth-order valence-corrected chi connectivity index (χ4v) is 4.78. The fraction of sp³-hybridized carbons (Fsp3) is 0.800. The van der Waals surface area contributed by atoms with Crippen molar-refractivity contribution in [1.82, 2.24) is 20.3 Å². The van der Waals surface area contributed by atoms with Crippen LogP contribution >= 0.6 is 0 Å². The Hall–Kier alpha value is -1.43. The molecular formula is C15H22N4O2. The highest BCUT2D eigenvalue weighted by atomic mass is 16.5. The van der Waals surface area contributed by atoms with E-state index in [9.17, 15) is 4.79 Å². The Labute approximate surface area is 124 Å². The molecule has 3 aliphatic rings. The molecule has 0 radical (unpaired) electrons. The van der Waals surface area contributed by atoms with Crippen molar-refractivity contribution in [2.45, 2.75) is 50.7 Å². The maximum absolute atomic E-state index is 12.6. The van der Waals surface area contributed by atoms with Gasteiger partial charge in [-0.05, 0) is 51.4 Å². The molecule has 3 fully saturated rings. The number of hydrogen-bond donors (Lipinski definition) is 1. The van der Waals surface area contributed by atoms with Crippen LogP contribution < -0.4 is 0 Å². The molecule has 3 atom stereocenters. The molecule has 2 saturated carbocycles. The quantitative estimate of drug-likeness (QED) is 0.853. The van der Waals surface area contributed by atoms with Crippen LogP contribution in [0.2, 0.25) is 0 Å². The van der Waals surface area contributed by atoms with Gasteiger partial charge in [0.15, 0.2) is 5.69 Å². The number of nitrogens with one attached hydrogen (secondary N) is 1. The molecule has 1 amide bonds. The third-order valence-electron chi connectivity index (χ3n) is 5.35. The molecule has 2 bridgehead atoms. The SMILES string of the molecule is CC1(C)CN(C(=O)c2cn[nH]n2)C[C@]2(C[C@@H]3CC[C@H]2C3)O1. The van der Waals surface area contributed by atoms with Crippen molar-refractivity contribution < 1.29 is 9.53 Å². The number of amides is 1. The minimum atomic E-state index is -0.303. The van der Waals surface area contributed by atoms with Crippen molar-refractivity contribution in [2.75, 3.05) is 13.1 Å². The molecule has 1 aromatic rings. The second-order valence-electron chi connectivity index (χ2n) is 7.52. The molecule has 1 saturated heterocycles. The summed E-state index contributed by atoms with van der Waals surface area (Å²) in [6.07, 6.45) is 6.43. The van der Waals surface area contributed by atoms with Gasteiger partial charge in [-0.2, -0.15) is 15.4 Å². The molecule has 6 heteroatoms. The first-order valence-electron chi connectivity index (χ1n) is 7.83. The summed E-state index contributed by atoms with van der Waals surface area (Å²) in [6, 6.07) is 0. The van der Waals surface area contributed by atoms with Crippen molar-refractivity contribution in [3.63, 3.8) is 0 Å². The number of rotatable bonds is 1. The van der Waals surface area contributed by atoms with Gasteiger partial charge in [0, 0.05) is 6.54 Å². The van der Waals surface area contributed by atoms with Crippen molar-refractivity contribution in [3.8, 4) is 0 Å². The van der Waals surface area contributed by atoms with Gasteiger partial charge in [0.2, 0.25) is 0 Å². The van der Waals surface area contributed by atoms with Crippen LogP contribution in [-0.4, -0.2) is 50.5 Å². The Morgan fingerprint density at radius 1 is 1.43 bits per heavy atom. The van der Waals surface area contributed by atoms with E-state index in [2.05, 4.69) is 29.3 Å². The summed E-state index contributed by atoms with van der Waals surface area (Å²) in [4.78, 5) is 14.6. The van der Waals surface area contributed by atoms with Crippen LogP contribution in [0.5, 0.6) is 0 Å². The molecule has 1 aliphatic heterocycles. The molecule has 2 heterocycles. The van der Waals surface area contributed by atoms with Crippen LogP contribution in [0.4, 0.5) is 0 Å². The Morgan fingerprint density at radius 3 is 2.90 bits per heavy atom. The summed E-state index contributed by atoms with van der Waals surface area (Å²) in [5, 5.41) is 10.2. The largest absolute Gasteiger partial charge is 0.365 e. The van der Waals surface area contributed by atoms with Gasteiger partial charge in [0.25, 0.3) is 5.91 Å². The summed E-state index contributed by atoms with van der Waals surface area (Å²) >= 11 is 0. The van der Waals surface area contributed by atoms with E-state index < -0.39 is 0 Å². The first kappa shape index (κ1) is 13.2. The monoisotopic (exact) mass is 290 g/mol. The average Bonchev–Trinajstić information content (AvgIpc) is 3.11. The summed E-state index contributed by atoms with van der Waals surface area (Å²) in [5.41, 5.74) is -0.0439. The summed E-state index contributed by atoms with van der Waals surface area (Å²) in [5.74, 6) is 1.35. The van der Waals surface area contributed by atoms with Crippen LogP contribution in [0.3, 0.4) is 0 Å². The third-order valence-corrected chi connectivity index (χ3v) is 5.35. The van der Waals surface area contributed by atoms with E-state index in [0.29, 0.717) is 24.7 Å². The lowest BCUT2D eigenvalue weighted by Crippen LogP contribution is -2.62. The number of nitrogens with zero attached hydrogens (tertiary/aromatic N) is 3. The van der Waals surface area contributed by atoms with Crippen molar-refractivity contribution in [2.24, 2.45) is 11.8 Å². The minimum Gasteiger partial charge on any atom is -0.365 e. The molecule has 1 N–H and O–H groups in total. The number of aromatic nitrogens is 3. The smallest absolute Gasteiger partial charge is 0.276 e. The molecule has 21 heavy (non-hydrogen) atoms. The summed E-state index contributed by atoms with van der Waals surface area (Å²) in [6.45, 7) is 5.48. The van der Waals surface area contributed by atoms with Crippen molar-refractivity contribution >= 4 is 5.91 Å². The maximum atomic E-state index is 12.6. The standard InChI is InChI=1S/C15H22N4O2/c1-14(2)8-19(13(20)12-7-16-18-17-12)9-15(21-14)6-10-3-4-11(15)5-10/h7,10-11H,3-6,8-9H2,1-2H3,(H,16,17,18)/t10-,11+,15+/m1/s1.